The summed E-state index contributed by atoms with van der Waals surface area (Å²) in [5, 5.41) is 8.62. The van der Waals surface area contributed by atoms with E-state index in [0.717, 1.165) is 11.1 Å². The summed E-state index contributed by atoms with van der Waals surface area (Å²) in [5.41, 5.74) is 2.07. The van der Waals surface area contributed by atoms with Gasteiger partial charge in [-0.15, -0.1) is 0 Å². The second-order valence-corrected chi connectivity index (χ2v) is 4.05. The minimum atomic E-state index is 0.0963. The summed E-state index contributed by atoms with van der Waals surface area (Å²) in [6, 6.07) is 7.93. The summed E-state index contributed by atoms with van der Waals surface area (Å²) in [5.74, 6) is 5.88. The van der Waals surface area contributed by atoms with Crippen LogP contribution in [0.3, 0.4) is 0 Å². The zero-order valence-corrected chi connectivity index (χ0v) is 11.0. The Morgan fingerprint density at radius 1 is 1.28 bits per heavy atom. The van der Waals surface area contributed by atoms with Gasteiger partial charge in [0.25, 0.3) is 0 Å². The molecular formula is C15H20O3. The molecule has 0 aliphatic carbocycles. The summed E-state index contributed by atoms with van der Waals surface area (Å²) < 4.78 is 10.6. The standard InChI is InChI=1S/C15H20O3/c1-13(11-17-2)18-12-15-8-6-14(7-9-15)5-3-4-10-16/h6-9,13,16H,4,10-12H2,1-2H3. The maximum absolute atomic E-state index is 8.62. The predicted octanol–water partition coefficient (Wildman–Crippen LogP) is 1.97. The van der Waals surface area contributed by atoms with Gasteiger partial charge in [0.2, 0.25) is 0 Å². The van der Waals surface area contributed by atoms with Crippen molar-refractivity contribution in [2.24, 2.45) is 0 Å². The smallest absolute Gasteiger partial charge is 0.0784 e. The number of hydrogen-bond acceptors (Lipinski definition) is 3. The Labute approximate surface area is 109 Å². The van der Waals surface area contributed by atoms with Crippen molar-refractivity contribution in [2.75, 3.05) is 20.3 Å². The SMILES string of the molecule is COCC(C)OCc1ccc(C#CCCO)cc1. The highest BCUT2D eigenvalue weighted by Crippen LogP contribution is 2.06. The van der Waals surface area contributed by atoms with Gasteiger partial charge in [0.15, 0.2) is 0 Å². The van der Waals surface area contributed by atoms with E-state index in [1.165, 1.54) is 0 Å². The third-order valence-corrected chi connectivity index (χ3v) is 2.36. The Balaban J connectivity index is 2.43. The van der Waals surface area contributed by atoms with Gasteiger partial charge >= 0.3 is 0 Å². The fourth-order valence-corrected chi connectivity index (χ4v) is 1.43. The van der Waals surface area contributed by atoms with Crippen LogP contribution in [0.1, 0.15) is 24.5 Å². The molecule has 0 spiro atoms. The lowest BCUT2D eigenvalue weighted by Crippen LogP contribution is -2.14. The molecule has 0 fully saturated rings. The van der Waals surface area contributed by atoms with Crippen LogP contribution in [-0.2, 0) is 16.1 Å². The van der Waals surface area contributed by atoms with E-state index in [0.29, 0.717) is 19.6 Å². The van der Waals surface area contributed by atoms with E-state index in [1.807, 2.05) is 31.2 Å². The van der Waals surface area contributed by atoms with Crippen LogP contribution in [0.25, 0.3) is 0 Å². The first kappa shape index (κ1) is 14.7. The van der Waals surface area contributed by atoms with Crippen LogP contribution in [0.5, 0.6) is 0 Å². The monoisotopic (exact) mass is 248 g/mol. The number of hydrogen-bond donors (Lipinski definition) is 1. The molecule has 0 aliphatic heterocycles. The fourth-order valence-electron chi connectivity index (χ4n) is 1.43. The average molecular weight is 248 g/mol. The molecule has 0 aromatic heterocycles. The van der Waals surface area contributed by atoms with Gasteiger partial charge in [-0.3, -0.25) is 0 Å². The van der Waals surface area contributed by atoms with Gasteiger partial charge in [0.05, 0.1) is 25.9 Å². The highest BCUT2D eigenvalue weighted by atomic mass is 16.5. The normalized spacial score (nSPS) is 11.7. The van der Waals surface area contributed by atoms with Crippen LogP contribution < -0.4 is 0 Å². The summed E-state index contributed by atoms with van der Waals surface area (Å²) in [6.07, 6.45) is 0.610. The van der Waals surface area contributed by atoms with Crippen LogP contribution in [0.4, 0.5) is 0 Å². The van der Waals surface area contributed by atoms with Crippen LogP contribution in [-0.4, -0.2) is 31.5 Å². The van der Waals surface area contributed by atoms with E-state index in [9.17, 15) is 0 Å². The largest absolute Gasteiger partial charge is 0.395 e. The topological polar surface area (TPSA) is 38.7 Å². The number of aliphatic hydroxyl groups is 1. The van der Waals surface area contributed by atoms with Gasteiger partial charge in [-0.25, -0.2) is 0 Å². The third kappa shape index (κ3) is 5.83. The van der Waals surface area contributed by atoms with Crippen molar-refractivity contribution in [3.05, 3.63) is 35.4 Å². The third-order valence-electron chi connectivity index (χ3n) is 2.36. The molecule has 0 radical (unpaired) electrons. The molecule has 0 aliphatic rings. The van der Waals surface area contributed by atoms with Gasteiger partial charge < -0.3 is 14.6 Å². The van der Waals surface area contributed by atoms with E-state index in [4.69, 9.17) is 14.6 Å². The first-order chi connectivity index (χ1) is 8.76. The molecule has 1 unspecified atom stereocenters. The van der Waals surface area contributed by atoms with E-state index in [2.05, 4.69) is 11.8 Å². The van der Waals surface area contributed by atoms with Crippen molar-refractivity contribution in [2.45, 2.75) is 26.1 Å². The number of methoxy groups -OCH3 is 1. The minimum absolute atomic E-state index is 0.0963. The molecule has 18 heavy (non-hydrogen) atoms. The summed E-state index contributed by atoms with van der Waals surface area (Å²) in [6.45, 7) is 3.27. The molecule has 1 aromatic carbocycles. The van der Waals surface area contributed by atoms with E-state index in [1.54, 1.807) is 7.11 Å². The number of aliphatic hydroxyl groups excluding tert-OH is 1. The summed E-state index contributed by atoms with van der Waals surface area (Å²) in [4.78, 5) is 0. The maximum Gasteiger partial charge on any atom is 0.0784 e. The van der Waals surface area contributed by atoms with Crippen LogP contribution in [0.2, 0.25) is 0 Å². The lowest BCUT2D eigenvalue weighted by atomic mass is 10.1. The molecule has 0 saturated heterocycles. The van der Waals surface area contributed by atoms with E-state index in [-0.39, 0.29) is 12.7 Å². The maximum atomic E-state index is 8.62. The molecule has 0 heterocycles. The van der Waals surface area contributed by atoms with Crippen molar-refractivity contribution < 1.29 is 14.6 Å². The predicted molar refractivity (Wildman–Crippen MR) is 71.1 cm³/mol. The second kappa shape index (κ2) is 8.71. The number of rotatable bonds is 6. The van der Waals surface area contributed by atoms with Crippen molar-refractivity contribution >= 4 is 0 Å². The molecule has 1 aromatic rings. The highest BCUT2D eigenvalue weighted by molar-refractivity contribution is 5.35. The number of ether oxygens (including phenoxy) is 2. The summed E-state index contributed by atoms with van der Waals surface area (Å²) in [7, 11) is 1.67. The fraction of sp³-hybridized carbons (Fsp3) is 0.467. The molecule has 3 heteroatoms. The van der Waals surface area contributed by atoms with E-state index >= 15 is 0 Å². The highest BCUT2D eigenvalue weighted by Gasteiger charge is 2.01. The van der Waals surface area contributed by atoms with Crippen molar-refractivity contribution in [1.82, 2.24) is 0 Å². The summed E-state index contributed by atoms with van der Waals surface area (Å²) >= 11 is 0. The lowest BCUT2D eigenvalue weighted by Gasteiger charge is -2.11. The van der Waals surface area contributed by atoms with Gasteiger partial charge in [0, 0.05) is 19.1 Å². The Morgan fingerprint density at radius 3 is 2.61 bits per heavy atom. The van der Waals surface area contributed by atoms with Gasteiger partial charge in [-0.05, 0) is 24.6 Å². The molecule has 98 valence electrons. The number of benzene rings is 1. The minimum Gasteiger partial charge on any atom is -0.395 e. The Morgan fingerprint density at radius 2 is 2.00 bits per heavy atom. The van der Waals surface area contributed by atoms with Crippen LogP contribution >= 0.6 is 0 Å². The van der Waals surface area contributed by atoms with Crippen molar-refractivity contribution in [3.63, 3.8) is 0 Å². The molecule has 1 rings (SSSR count). The second-order valence-electron chi connectivity index (χ2n) is 4.05. The molecule has 3 nitrogen and oxygen atoms in total. The van der Waals surface area contributed by atoms with Gasteiger partial charge in [-0.1, -0.05) is 24.0 Å². The molecule has 0 amide bonds. The first-order valence-electron chi connectivity index (χ1n) is 6.05. The quantitative estimate of drug-likeness (QED) is 0.782. The van der Waals surface area contributed by atoms with Crippen molar-refractivity contribution in [1.29, 1.82) is 0 Å². The van der Waals surface area contributed by atoms with Crippen LogP contribution in [0, 0.1) is 11.8 Å². The molecule has 1 N–H and O–H groups in total. The van der Waals surface area contributed by atoms with E-state index < -0.39 is 0 Å². The zero-order chi connectivity index (χ0) is 13.2. The molecule has 0 saturated carbocycles. The Bertz CT molecular complexity index is 386. The van der Waals surface area contributed by atoms with Gasteiger partial charge in [0.1, 0.15) is 0 Å². The van der Waals surface area contributed by atoms with Crippen molar-refractivity contribution in [3.8, 4) is 11.8 Å². The molecule has 0 bridgehead atoms. The average Bonchev–Trinajstić information content (AvgIpc) is 2.38. The van der Waals surface area contributed by atoms with Crippen LogP contribution in [0.15, 0.2) is 24.3 Å². The first-order valence-corrected chi connectivity index (χ1v) is 6.05. The molecule has 1 atom stereocenters. The zero-order valence-electron chi connectivity index (χ0n) is 11.0. The molecular weight excluding hydrogens is 228 g/mol. The lowest BCUT2D eigenvalue weighted by molar-refractivity contribution is -0.000125. The van der Waals surface area contributed by atoms with Gasteiger partial charge in [-0.2, -0.15) is 0 Å². The Kier molecular flexibility index (Phi) is 7.12. The Hall–Kier alpha value is -1.34.